The molecule has 0 aliphatic carbocycles. The van der Waals surface area contributed by atoms with Crippen molar-refractivity contribution in [1.29, 1.82) is 0 Å². The highest BCUT2D eigenvalue weighted by molar-refractivity contribution is 6.12. The second-order valence-corrected chi connectivity index (χ2v) is 12.7. The summed E-state index contributed by atoms with van der Waals surface area (Å²) in [6, 6.07) is 59.4. The lowest BCUT2D eigenvalue weighted by molar-refractivity contribution is 0.584. The van der Waals surface area contributed by atoms with Crippen LogP contribution in [0, 0.1) is 0 Å². The summed E-state index contributed by atoms with van der Waals surface area (Å²) in [4.78, 5) is 0. The summed E-state index contributed by atoms with van der Waals surface area (Å²) >= 11 is 0. The van der Waals surface area contributed by atoms with Crippen LogP contribution >= 0.6 is 0 Å². The number of rotatable bonds is 5. The number of aromatic nitrogens is 2. The van der Waals surface area contributed by atoms with Crippen molar-refractivity contribution >= 4 is 43.5 Å². The maximum atomic E-state index is 6.69. The van der Waals surface area contributed by atoms with Crippen molar-refractivity contribution in [3.8, 4) is 56.3 Å². The van der Waals surface area contributed by atoms with E-state index in [1.54, 1.807) is 0 Å². The highest BCUT2D eigenvalue weighted by Crippen LogP contribution is 2.42. The minimum atomic E-state index is 0.482. The van der Waals surface area contributed by atoms with E-state index in [0.717, 1.165) is 60.9 Å². The number of hydrogen-bond donors (Lipinski definition) is 0. The van der Waals surface area contributed by atoms with E-state index >= 15 is 0 Å². The van der Waals surface area contributed by atoms with Crippen LogP contribution in [0.1, 0.15) is 0 Å². The summed E-state index contributed by atoms with van der Waals surface area (Å²) in [7, 11) is 0. The first kappa shape index (κ1) is 28.3. The third-order valence-corrected chi connectivity index (χ3v) is 9.62. The van der Waals surface area contributed by atoms with Crippen molar-refractivity contribution in [1.82, 2.24) is 10.2 Å². The Balaban J connectivity index is 1.12. The van der Waals surface area contributed by atoms with E-state index in [4.69, 9.17) is 8.83 Å². The van der Waals surface area contributed by atoms with Gasteiger partial charge in [-0.25, -0.2) is 0 Å². The van der Waals surface area contributed by atoms with E-state index in [-0.39, 0.29) is 0 Å². The van der Waals surface area contributed by atoms with Gasteiger partial charge in [0.05, 0.1) is 0 Å². The third-order valence-electron chi connectivity index (χ3n) is 9.62. The van der Waals surface area contributed by atoms with Gasteiger partial charge in [-0.1, -0.05) is 109 Å². The van der Waals surface area contributed by atoms with E-state index in [9.17, 15) is 0 Å². The molecule has 50 heavy (non-hydrogen) atoms. The van der Waals surface area contributed by atoms with Crippen LogP contribution in [-0.2, 0) is 0 Å². The zero-order chi connectivity index (χ0) is 33.0. The molecule has 2 heterocycles. The largest absolute Gasteiger partial charge is 0.455 e. The summed E-state index contributed by atoms with van der Waals surface area (Å²) in [5.41, 5.74) is 10.1. The van der Waals surface area contributed by atoms with Gasteiger partial charge in [-0.3, -0.25) is 0 Å². The molecule has 0 spiro atoms. The Morgan fingerprint density at radius 2 is 0.820 bits per heavy atom. The van der Waals surface area contributed by atoms with Crippen LogP contribution in [-0.4, -0.2) is 10.2 Å². The predicted octanol–water partition coefficient (Wildman–Crippen LogP) is 12.6. The first-order chi connectivity index (χ1) is 24.7. The lowest BCUT2D eigenvalue weighted by Gasteiger charge is -2.10. The average molecular weight is 641 g/mol. The van der Waals surface area contributed by atoms with Gasteiger partial charge < -0.3 is 8.83 Å². The quantitative estimate of drug-likeness (QED) is 0.188. The second-order valence-electron chi connectivity index (χ2n) is 12.7. The van der Waals surface area contributed by atoms with Gasteiger partial charge >= 0.3 is 0 Å². The minimum Gasteiger partial charge on any atom is -0.455 e. The average Bonchev–Trinajstić information content (AvgIpc) is 3.83. The fourth-order valence-electron chi connectivity index (χ4n) is 7.01. The molecule has 2 aromatic heterocycles. The van der Waals surface area contributed by atoms with Gasteiger partial charge in [0.15, 0.2) is 0 Å². The molecule has 0 aliphatic heterocycles. The van der Waals surface area contributed by atoms with Gasteiger partial charge in [0.1, 0.15) is 11.2 Å². The van der Waals surface area contributed by atoms with Crippen LogP contribution < -0.4 is 0 Å². The van der Waals surface area contributed by atoms with Crippen LogP contribution in [0.3, 0.4) is 0 Å². The van der Waals surface area contributed by atoms with E-state index in [1.165, 1.54) is 27.1 Å². The normalized spacial score (nSPS) is 11.6. The Kier molecular flexibility index (Phi) is 6.46. The maximum absolute atomic E-state index is 6.69. The fourth-order valence-corrected chi connectivity index (χ4v) is 7.01. The van der Waals surface area contributed by atoms with Gasteiger partial charge in [0.25, 0.3) is 0 Å². The molecule has 234 valence electrons. The molecular formula is C46H28N2O2. The number of furan rings is 1. The molecule has 0 unspecified atom stereocenters. The summed E-state index contributed by atoms with van der Waals surface area (Å²) < 4.78 is 12.7. The maximum Gasteiger partial charge on any atom is 0.248 e. The lowest BCUT2D eigenvalue weighted by atomic mass is 9.93. The van der Waals surface area contributed by atoms with Crippen LogP contribution in [0.5, 0.6) is 0 Å². The van der Waals surface area contributed by atoms with Crippen molar-refractivity contribution < 1.29 is 8.83 Å². The summed E-state index contributed by atoms with van der Waals surface area (Å²) in [5, 5.41) is 15.7. The summed E-state index contributed by atoms with van der Waals surface area (Å²) in [6.45, 7) is 0. The van der Waals surface area contributed by atoms with Crippen LogP contribution in [0.25, 0.3) is 99.8 Å². The Hall–Kier alpha value is -6.78. The van der Waals surface area contributed by atoms with E-state index < -0.39 is 0 Å². The van der Waals surface area contributed by atoms with Crippen molar-refractivity contribution in [2.75, 3.05) is 0 Å². The molecule has 10 rings (SSSR count). The topological polar surface area (TPSA) is 52.1 Å². The highest BCUT2D eigenvalue weighted by atomic mass is 16.4. The molecular weight excluding hydrogens is 613 g/mol. The molecule has 0 radical (unpaired) electrons. The Bertz CT molecular complexity index is 2860. The first-order valence-electron chi connectivity index (χ1n) is 16.7. The smallest absolute Gasteiger partial charge is 0.248 e. The Morgan fingerprint density at radius 3 is 1.50 bits per heavy atom. The second kappa shape index (κ2) is 11.4. The SMILES string of the molecule is c1ccc(-c2nnc(-c3ccc(-c4cc(-c5ccc6ccccc6c5)cc5c4oc4ccc(-c6ccc7ccccc7c6)cc45)cc3)o2)cc1. The summed E-state index contributed by atoms with van der Waals surface area (Å²) in [5.74, 6) is 0.982. The molecule has 10 aromatic rings. The molecule has 8 aromatic carbocycles. The molecule has 0 saturated heterocycles. The number of nitrogens with zero attached hydrogens (tertiary/aromatic N) is 2. The molecule has 0 aliphatic rings. The predicted molar refractivity (Wildman–Crippen MR) is 204 cm³/mol. The van der Waals surface area contributed by atoms with E-state index in [0.29, 0.717) is 11.8 Å². The zero-order valence-corrected chi connectivity index (χ0v) is 26.9. The van der Waals surface area contributed by atoms with Gasteiger partial charge in [0.2, 0.25) is 11.8 Å². The molecule has 0 fully saturated rings. The lowest BCUT2D eigenvalue weighted by Crippen LogP contribution is -1.85. The molecule has 4 heteroatoms. The molecule has 0 saturated carbocycles. The van der Waals surface area contributed by atoms with Gasteiger partial charge in [-0.15, -0.1) is 10.2 Å². The Morgan fingerprint density at radius 1 is 0.320 bits per heavy atom. The number of hydrogen-bond acceptors (Lipinski definition) is 4. The van der Waals surface area contributed by atoms with Crippen LogP contribution in [0.15, 0.2) is 179 Å². The van der Waals surface area contributed by atoms with Crippen LogP contribution in [0.2, 0.25) is 0 Å². The fraction of sp³-hybridized carbons (Fsp3) is 0. The van der Waals surface area contributed by atoms with E-state index in [1.807, 2.05) is 42.5 Å². The first-order valence-corrected chi connectivity index (χ1v) is 16.7. The highest BCUT2D eigenvalue weighted by Gasteiger charge is 2.18. The summed E-state index contributed by atoms with van der Waals surface area (Å²) in [6.07, 6.45) is 0. The molecule has 0 bridgehead atoms. The van der Waals surface area contributed by atoms with E-state index in [2.05, 4.69) is 138 Å². The molecule has 0 N–H and O–H groups in total. The number of fused-ring (bicyclic) bond motifs is 5. The Labute approximate surface area is 287 Å². The number of benzene rings is 8. The van der Waals surface area contributed by atoms with Crippen molar-refractivity contribution in [2.45, 2.75) is 0 Å². The molecule has 0 amide bonds. The third kappa shape index (κ3) is 4.85. The molecule has 0 atom stereocenters. The van der Waals surface area contributed by atoms with Crippen LogP contribution in [0.4, 0.5) is 0 Å². The minimum absolute atomic E-state index is 0.482. The van der Waals surface area contributed by atoms with Crippen molar-refractivity contribution in [2.24, 2.45) is 0 Å². The molecule has 4 nitrogen and oxygen atoms in total. The zero-order valence-electron chi connectivity index (χ0n) is 26.9. The standard InChI is InChI=1S/C46H28N2O2/c1-2-10-32(11-3-1)45-47-48-46(50-45)33-18-16-31(17-19-33)40-27-39(37-21-15-30-9-5-7-13-35(30)25-37)28-42-41-26-38(22-23-43(41)49-44(40)42)36-20-14-29-8-4-6-12-34(29)24-36/h1-28H. The monoisotopic (exact) mass is 640 g/mol. The van der Waals surface area contributed by atoms with Gasteiger partial charge in [0, 0.05) is 27.5 Å². The van der Waals surface area contributed by atoms with Crippen molar-refractivity contribution in [3.05, 3.63) is 170 Å². The van der Waals surface area contributed by atoms with Gasteiger partial charge in [-0.05, 0) is 110 Å². The van der Waals surface area contributed by atoms with Gasteiger partial charge in [-0.2, -0.15) is 0 Å². The van der Waals surface area contributed by atoms with Crippen molar-refractivity contribution in [3.63, 3.8) is 0 Å².